The van der Waals surface area contributed by atoms with Crippen LogP contribution < -0.4 is 10.1 Å². The summed E-state index contributed by atoms with van der Waals surface area (Å²) in [6.07, 6.45) is 0. The van der Waals surface area contributed by atoms with E-state index in [1.807, 2.05) is 39.0 Å². The van der Waals surface area contributed by atoms with Crippen molar-refractivity contribution < 1.29 is 14.6 Å². The van der Waals surface area contributed by atoms with Crippen molar-refractivity contribution in [2.45, 2.75) is 27.4 Å². The molecule has 0 bridgehead atoms. The van der Waals surface area contributed by atoms with Crippen molar-refractivity contribution in [2.75, 3.05) is 11.9 Å². The van der Waals surface area contributed by atoms with Crippen LogP contribution >= 0.6 is 0 Å². The van der Waals surface area contributed by atoms with Crippen LogP contribution in [0.5, 0.6) is 5.75 Å². The summed E-state index contributed by atoms with van der Waals surface area (Å²) in [6, 6.07) is 7.32. The molecule has 0 radical (unpaired) electrons. The maximum absolute atomic E-state index is 11.1. The smallest absolute Gasteiger partial charge is 0.354 e. The van der Waals surface area contributed by atoms with E-state index in [4.69, 9.17) is 9.84 Å². The van der Waals surface area contributed by atoms with E-state index < -0.39 is 5.97 Å². The van der Waals surface area contributed by atoms with Crippen molar-refractivity contribution in [3.63, 3.8) is 0 Å². The van der Waals surface area contributed by atoms with Crippen LogP contribution in [0.3, 0.4) is 0 Å². The normalized spacial score (nSPS) is 10.3. The topological polar surface area (TPSA) is 84.3 Å². The van der Waals surface area contributed by atoms with Gasteiger partial charge in [-0.3, -0.25) is 0 Å². The summed E-state index contributed by atoms with van der Waals surface area (Å²) in [4.78, 5) is 19.4. The van der Waals surface area contributed by atoms with Gasteiger partial charge < -0.3 is 15.2 Å². The highest BCUT2D eigenvalue weighted by atomic mass is 16.5. The van der Waals surface area contributed by atoms with E-state index in [1.54, 1.807) is 0 Å². The van der Waals surface area contributed by atoms with Crippen LogP contribution in [0.4, 0.5) is 5.82 Å². The first-order valence-electron chi connectivity index (χ1n) is 7.04. The Hall–Kier alpha value is -2.63. The van der Waals surface area contributed by atoms with E-state index in [0.717, 1.165) is 16.9 Å². The number of aryl methyl sites for hydroxylation is 2. The molecule has 2 N–H and O–H groups in total. The molecule has 0 saturated heterocycles. The molecule has 1 aromatic carbocycles. The average Bonchev–Trinajstić information content (AvgIpc) is 2.48. The summed E-state index contributed by atoms with van der Waals surface area (Å²) >= 11 is 0. The van der Waals surface area contributed by atoms with Crippen LogP contribution in [0.1, 0.15) is 34.4 Å². The molecule has 0 fully saturated rings. The number of carboxylic acid groups (broad SMARTS) is 1. The molecule has 0 unspecified atom stereocenters. The molecule has 1 aromatic heterocycles. The van der Waals surface area contributed by atoms with E-state index in [0.29, 0.717) is 18.2 Å². The van der Waals surface area contributed by atoms with Crippen molar-refractivity contribution in [1.29, 1.82) is 0 Å². The predicted molar refractivity (Wildman–Crippen MR) is 83.4 cm³/mol. The third kappa shape index (κ3) is 3.94. The van der Waals surface area contributed by atoms with Crippen molar-refractivity contribution in [2.24, 2.45) is 0 Å². The van der Waals surface area contributed by atoms with E-state index >= 15 is 0 Å². The molecule has 0 aliphatic carbocycles. The lowest BCUT2D eigenvalue weighted by molar-refractivity contribution is 0.0689. The molecule has 0 aliphatic heterocycles. The zero-order valence-corrected chi connectivity index (χ0v) is 12.9. The van der Waals surface area contributed by atoms with Crippen LogP contribution in [0, 0.1) is 13.8 Å². The van der Waals surface area contributed by atoms with Gasteiger partial charge in [0.15, 0.2) is 11.5 Å². The van der Waals surface area contributed by atoms with Crippen LogP contribution in [0.15, 0.2) is 24.3 Å². The summed E-state index contributed by atoms with van der Waals surface area (Å²) < 4.78 is 5.73. The minimum Gasteiger partial charge on any atom is -0.485 e. The number of anilines is 1. The number of rotatable bonds is 6. The van der Waals surface area contributed by atoms with Crippen LogP contribution in [0.25, 0.3) is 0 Å². The maximum Gasteiger partial charge on any atom is 0.354 e. The summed E-state index contributed by atoms with van der Waals surface area (Å²) in [5, 5.41) is 12.1. The van der Waals surface area contributed by atoms with Crippen LogP contribution in [-0.2, 0) is 6.61 Å². The molecular weight excluding hydrogens is 282 g/mol. The monoisotopic (exact) mass is 301 g/mol. The zero-order valence-electron chi connectivity index (χ0n) is 12.9. The Bertz CT molecular complexity index is 686. The molecule has 6 heteroatoms. The van der Waals surface area contributed by atoms with Gasteiger partial charge in [-0.2, -0.15) is 0 Å². The largest absolute Gasteiger partial charge is 0.485 e. The number of hydrogen-bond donors (Lipinski definition) is 2. The van der Waals surface area contributed by atoms with E-state index in [9.17, 15) is 4.79 Å². The van der Waals surface area contributed by atoms with Gasteiger partial charge in [0, 0.05) is 12.6 Å². The van der Waals surface area contributed by atoms with Crippen LogP contribution in [-0.4, -0.2) is 27.6 Å². The number of nitrogens with one attached hydrogen (secondary N) is 1. The van der Waals surface area contributed by atoms with Gasteiger partial charge in [0.1, 0.15) is 18.2 Å². The van der Waals surface area contributed by atoms with Crippen molar-refractivity contribution in [1.82, 2.24) is 9.97 Å². The summed E-state index contributed by atoms with van der Waals surface area (Å²) in [5.74, 6) is 0.468. The molecule has 0 saturated carbocycles. The molecule has 0 aliphatic rings. The SMILES string of the molecule is CCNc1cc(C(=O)O)nc(COc2cc(C)ccc2C)n1. The lowest BCUT2D eigenvalue weighted by atomic mass is 10.1. The van der Waals surface area contributed by atoms with Crippen molar-refractivity contribution in [3.05, 3.63) is 46.9 Å². The molecule has 116 valence electrons. The number of aromatic carboxylic acids is 1. The number of carboxylic acids is 1. The van der Waals surface area contributed by atoms with Gasteiger partial charge in [0.05, 0.1) is 0 Å². The Labute approximate surface area is 129 Å². The highest BCUT2D eigenvalue weighted by molar-refractivity contribution is 5.86. The number of carbonyl (C=O) groups is 1. The fraction of sp³-hybridized carbons (Fsp3) is 0.312. The Morgan fingerprint density at radius 3 is 2.73 bits per heavy atom. The second-order valence-electron chi connectivity index (χ2n) is 4.95. The van der Waals surface area contributed by atoms with E-state index in [-0.39, 0.29) is 12.3 Å². The fourth-order valence-electron chi connectivity index (χ4n) is 1.95. The minimum absolute atomic E-state index is 0.0504. The van der Waals surface area contributed by atoms with Crippen molar-refractivity contribution >= 4 is 11.8 Å². The molecule has 1 heterocycles. The molecule has 0 spiro atoms. The van der Waals surface area contributed by atoms with E-state index in [1.165, 1.54) is 6.07 Å². The second kappa shape index (κ2) is 6.89. The Morgan fingerprint density at radius 2 is 2.05 bits per heavy atom. The Kier molecular flexibility index (Phi) is 4.93. The van der Waals surface area contributed by atoms with E-state index in [2.05, 4.69) is 15.3 Å². The van der Waals surface area contributed by atoms with Gasteiger partial charge in [0.2, 0.25) is 0 Å². The third-order valence-electron chi connectivity index (χ3n) is 3.05. The lowest BCUT2D eigenvalue weighted by Crippen LogP contribution is -2.11. The van der Waals surface area contributed by atoms with Crippen molar-refractivity contribution in [3.8, 4) is 5.75 Å². The van der Waals surface area contributed by atoms with Gasteiger partial charge in [-0.1, -0.05) is 12.1 Å². The molecule has 2 aromatic rings. The number of hydrogen-bond acceptors (Lipinski definition) is 5. The number of benzene rings is 1. The number of aromatic nitrogens is 2. The molecule has 0 atom stereocenters. The summed E-state index contributed by atoms with van der Waals surface area (Å²) in [6.45, 7) is 6.61. The Morgan fingerprint density at radius 1 is 1.27 bits per heavy atom. The first-order chi connectivity index (χ1) is 10.5. The Balaban J connectivity index is 2.21. The second-order valence-corrected chi connectivity index (χ2v) is 4.95. The summed E-state index contributed by atoms with van der Waals surface area (Å²) in [7, 11) is 0. The van der Waals surface area contributed by atoms with Gasteiger partial charge in [-0.15, -0.1) is 0 Å². The molecule has 0 amide bonds. The highest BCUT2D eigenvalue weighted by Crippen LogP contribution is 2.20. The maximum atomic E-state index is 11.1. The van der Waals surface area contributed by atoms with Crippen LogP contribution in [0.2, 0.25) is 0 Å². The molecular formula is C16H19N3O3. The zero-order chi connectivity index (χ0) is 16.1. The first-order valence-corrected chi connectivity index (χ1v) is 7.04. The third-order valence-corrected chi connectivity index (χ3v) is 3.05. The lowest BCUT2D eigenvalue weighted by Gasteiger charge is -2.11. The molecule has 6 nitrogen and oxygen atoms in total. The highest BCUT2D eigenvalue weighted by Gasteiger charge is 2.11. The molecule has 2 rings (SSSR count). The number of ether oxygens (including phenoxy) is 1. The molecule has 22 heavy (non-hydrogen) atoms. The number of nitrogens with zero attached hydrogens (tertiary/aromatic N) is 2. The van der Waals surface area contributed by atoms with Gasteiger partial charge >= 0.3 is 5.97 Å². The van der Waals surface area contributed by atoms with Gasteiger partial charge in [0.25, 0.3) is 0 Å². The fourth-order valence-corrected chi connectivity index (χ4v) is 1.95. The van der Waals surface area contributed by atoms with Gasteiger partial charge in [-0.05, 0) is 38.0 Å². The predicted octanol–water partition coefficient (Wildman–Crippen LogP) is 2.80. The average molecular weight is 301 g/mol. The summed E-state index contributed by atoms with van der Waals surface area (Å²) in [5.41, 5.74) is 2.05. The van der Waals surface area contributed by atoms with Gasteiger partial charge in [-0.25, -0.2) is 14.8 Å². The quantitative estimate of drug-likeness (QED) is 0.853. The standard InChI is InChI=1S/C16H19N3O3/c1-4-17-14-8-12(16(20)21)18-15(19-14)9-22-13-7-10(2)5-6-11(13)3/h5-8H,4,9H2,1-3H3,(H,20,21)(H,17,18,19). The first kappa shape index (κ1) is 15.8. The minimum atomic E-state index is -1.09.